The predicted octanol–water partition coefficient (Wildman–Crippen LogP) is 3.00. The number of amides is 2. The summed E-state index contributed by atoms with van der Waals surface area (Å²) in [5, 5.41) is 3.31. The molecule has 2 heterocycles. The third-order valence-corrected chi connectivity index (χ3v) is 4.81. The average Bonchev–Trinajstić information content (AvgIpc) is 3.08. The average molecular weight is 400 g/mol. The highest BCUT2D eigenvalue weighted by molar-refractivity contribution is 6.30. The molecule has 0 bridgehead atoms. The predicted molar refractivity (Wildman–Crippen MR) is 95.9 cm³/mol. The van der Waals surface area contributed by atoms with Gasteiger partial charge in [0.1, 0.15) is 11.6 Å². The summed E-state index contributed by atoms with van der Waals surface area (Å²) in [4.78, 5) is 29.0. The quantitative estimate of drug-likeness (QED) is 0.792. The van der Waals surface area contributed by atoms with Crippen LogP contribution in [0.1, 0.15) is 6.42 Å². The number of nitrogens with zero attached hydrogens (tertiary/aromatic N) is 2. The molecule has 3 rings (SSSR count). The number of benzene rings is 1. The number of nitrogens with one attached hydrogen (secondary N) is 1. The van der Waals surface area contributed by atoms with E-state index in [0.29, 0.717) is 17.6 Å². The maximum Gasteiger partial charge on any atom is 0.433 e. The molecule has 0 radical (unpaired) electrons. The van der Waals surface area contributed by atoms with Crippen LogP contribution < -0.4 is 10.2 Å². The summed E-state index contributed by atoms with van der Waals surface area (Å²) in [5.41, 5.74) is -0.251. The van der Waals surface area contributed by atoms with Gasteiger partial charge in [-0.2, -0.15) is 13.2 Å². The first-order chi connectivity index (χ1) is 12.7. The Hall–Kier alpha value is -2.35. The van der Waals surface area contributed by atoms with Crippen LogP contribution in [-0.2, 0) is 9.59 Å². The number of hydrogen-bond donors (Lipinski definition) is 1. The molecule has 5 nitrogen and oxygen atoms in total. The number of halogens is 4. The summed E-state index contributed by atoms with van der Waals surface area (Å²) in [5.74, 6) is -2.87. The minimum absolute atomic E-state index is 0.182. The fourth-order valence-corrected chi connectivity index (χ4v) is 3.22. The normalized spacial score (nSPS) is 22.7. The fraction of sp³-hybridized carbons (Fsp3) is 0.389. The molecule has 0 spiro atoms. The van der Waals surface area contributed by atoms with Crippen molar-refractivity contribution >= 4 is 34.8 Å². The van der Waals surface area contributed by atoms with E-state index in [9.17, 15) is 22.8 Å². The van der Waals surface area contributed by atoms with Gasteiger partial charge in [-0.1, -0.05) is 17.7 Å². The molecule has 0 aromatic heterocycles. The second-order valence-electron chi connectivity index (χ2n) is 6.49. The van der Waals surface area contributed by atoms with Gasteiger partial charge in [-0.05, 0) is 42.7 Å². The van der Waals surface area contributed by atoms with E-state index in [2.05, 4.69) is 15.2 Å². The topological polar surface area (TPSA) is 61.8 Å². The summed E-state index contributed by atoms with van der Waals surface area (Å²) in [6, 6.07) is 7.46. The van der Waals surface area contributed by atoms with Crippen molar-refractivity contribution in [2.75, 3.05) is 24.5 Å². The van der Waals surface area contributed by atoms with Gasteiger partial charge in [0.25, 0.3) is 5.91 Å². The smallest absolute Gasteiger partial charge is 0.371 e. The Labute approximate surface area is 158 Å². The number of allylic oxidation sites excluding steroid dienone is 1. The van der Waals surface area contributed by atoms with Crippen molar-refractivity contribution < 1.29 is 22.8 Å². The van der Waals surface area contributed by atoms with Crippen molar-refractivity contribution in [3.8, 4) is 0 Å². The first kappa shape index (κ1) is 19.4. The van der Waals surface area contributed by atoms with Gasteiger partial charge in [0.15, 0.2) is 0 Å². The summed E-state index contributed by atoms with van der Waals surface area (Å²) < 4.78 is 37.6. The highest BCUT2D eigenvalue weighted by Gasteiger charge is 2.38. The van der Waals surface area contributed by atoms with Crippen molar-refractivity contribution in [3.63, 3.8) is 0 Å². The summed E-state index contributed by atoms with van der Waals surface area (Å²) in [6.07, 6.45) is -2.23. The Bertz CT molecular complexity index is 790. The van der Waals surface area contributed by atoms with Crippen LogP contribution in [-0.4, -0.2) is 43.3 Å². The highest BCUT2D eigenvalue weighted by atomic mass is 35.5. The lowest BCUT2D eigenvalue weighted by Crippen LogP contribution is -2.39. The first-order valence-corrected chi connectivity index (χ1v) is 8.78. The molecule has 0 aliphatic carbocycles. The van der Waals surface area contributed by atoms with Crippen LogP contribution in [0.5, 0.6) is 0 Å². The van der Waals surface area contributed by atoms with Gasteiger partial charge in [-0.3, -0.25) is 9.59 Å². The molecule has 2 aliphatic rings. The van der Waals surface area contributed by atoms with Gasteiger partial charge in [-0.25, -0.2) is 4.99 Å². The molecule has 1 saturated heterocycles. The zero-order valence-corrected chi connectivity index (χ0v) is 14.9. The molecule has 0 saturated carbocycles. The SMILES string of the molecule is O=C1N=C(C(F)(F)F)C=CC1C(=O)NCC1CCN(c2ccc(Cl)cc2)C1. The number of dihydropyridines is 1. The van der Waals surface area contributed by atoms with Gasteiger partial charge in [0, 0.05) is 30.3 Å². The molecule has 1 fully saturated rings. The van der Waals surface area contributed by atoms with Gasteiger partial charge >= 0.3 is 6.18 Å². The minimum atomic E-state index is -4.71. The Morgan fingerprint density at radius 3 is 2.63 bits per heavy atom. The summed E-state index contributed by atoms with van der Waals surface area (Å²) in [6.45, 7) is 1.90. The van der Waals surface area contributed by atoms with Crippen LogP contribution >= 0.6 is 11.6 Å². The van der Waals surface area contributed by atoms with Gasteiger partial charge in [0.05, 0.1) is 0 Å². The van der Waals surface area contributed by atoms with Gasteiger partial charge in [-0.15, -0.1) is 0 Å². The molecule has 2 unspecified atom stereocenters. The number of alkyl halides is 3. The number of carbonyl (C=O) groups excluding carboxylic acids is 2. The molecule has 9 heteroatoms. The number of aliphatic imine (C=N–C) groups is 1. The van der Waals surface area contributed by atoms with Gasteiger partial charge in [0.2, 0.25) is 5.91 Å². The van der Waals surface area contributed by atoms with E-state index >= 15 is 0 Å². The van der Waals surface area contributed by atoms with E-state index in [1.165, 1.54) is 0 Å². The first-order valence-electron chi connectivity index (χ1n) is 8.40. The summed E-state index contributed by atoms with van der Waals surface area (Å²) in [7, 11) is 0. The van der Waals surface area contributed by atoms with Crippen LogP contribution in [0.15, 0.2) is 41.4 Å². The Kier molecular flexibility index (Phi) is 5.55. The molecule has 1 N–H and O–H groups in total. The molecule has 1 aromatic rings. The minimum Gasteiger partial charge on any atom is -0.371 e. The number of carbonyl (C=O) groups is 2. The molecular formula is C18H17ClF3N3O2. The van der Waals surface area contributed by atoms with Crippen molar-refractivity contribution in [1.29, 1.82) is 0 Å². The molecule has 2 atom stereocenters. The third kappa shape index (κ3) is 4.68. The van der Waals surface area contributed by atoms with E-state index in [1.54, 1.807) is 0 Å². The Balaban J connectivity index is 1.50. The van der Waals surface area contributed by atoms with Crippen LogP contribution in [0, 0.1) is 11.8 Å². The van der Waals surface area contributed by atoms with E-state index in [4.69, 9.17) is 11.6 Å². The van der Waals surface area contributed by atoms with Crippen molar-refractivity contribution in [2.24, 2.45) is 16.8 Å². The van der Waals surface area contributed by atoms with Crippen LogP contribution in [0.3, 0.4) is 0 Å². The number of rotatable bonds is 4. The van der Waals surface area contributed by atoms with E-state index in [1.807, 2.05) is 24.3 Å². The third-order valence-electron chi connectivity index (χ3n) is 4.56. The van der Waals surface area contributed by atoms with Crippen molar-refractivity contribution in [3.05, 3.63) is 41.4 Å². The van der Waals surface area contributed by atoms with Crippen molar-refractivity contribution in [2.45, 2.75) is 12.6 Å². The molecular weight excluding hydrogens is 383 g/mol. The zero-order valence-electron chi connectivity index (χ0n) is 14.2. The molecule has 1 aromatic carbocycles. The second kappa shape index (κ2) is 7.72. The lowest BCUT2D eigenvalue weighted by atomic mass is 10.0. The molecule has 27 heavy (non-hydrogen) atoms. The number of hydrogen-bond acceptors (Lipinski definition) is 3. The lowest BCUT2D eigenvalue weighted by molar-refractivity contribution is -0.131. The second-order valence-corrected chi connectivity index (χ2v) is 6.93. The Morgan fingerprint density at radius 2 is 2.00 bits per heavy atom. The van der Waals surface area contributed by atoms with Crippen LogP contribution in [0.25, 0.3) is 0 Å². The van der Waals surface area contributed by atoms with Crippen molar-refractivity contribution in [1.82, 2.24) is 5.32 Å². The maximum absolute atomic E-state index is 12.5. The Morgan fingerprint density at radius 1 is 1.30 bits per heavy atom. The summed E-state index contributed by atoms with van der Waals surface area (Å²) >= 11 is 5.88. The largest absolute Gasteiger partial charge is 0.433 e. The fourth-order valence-electron chi connectivity index (χ4n) is 3.09. The van der Waals surface area contributed by atoms with E-state index in [0.717, 1.165) is 31.3 Å². The molecule has 2 aliphatic heterocycles. The van der Waals surface area contributed by atoms with Crippen LogP contribution in [0.4, 0.5) is 18.9 Å². The standard InChI is InChI=1S/C18H17ClF3N3O2/c19-12-1-3-13(4-2-12)25-8-7-11(10-25)9-23-16(26)14-5-6-15(18(20,21)22)24-17(14)27/h1-6,11,14H,7-10H2,(H,23,26). The zero-order chi connectivity index (χ0) is 19.6. The monoisotopic (exact) mass is 399 g/mol. The maximum atomic E-state index is 12.5. The van der Waals surface area contributed by atoms with Crippen LogP contribution in [0.2, 0.25) is 5.02 Å². The van der Waals surface area contributed by atoms with Gasteiger partial charge < -0.3 is 10.2 Å². The highest BCUT2D eigenvalue weighted by Crippen LogP contribution is 2.25. The lowest BCUT2D eigenvalue weighted by Gasteiger charge is -2.19. The van der Waals surface area contributed by atoms with E-state index < -0.39 is 29.6 Å². The van der Waals surface area contributed by atoms with E-state index in [-0.39, 0.29) is 5.92 Å². The number of anilines is 1. The molecule has 144 valence electrons. The molecule has 2 amide bonds.